The molecule has 0 saturated carbocycles. The number of ether oxygens (including phenoxy) is 1. The van der Waals surface area contributed by atoms with Gasteiger partial charge < -0.3 is 4.74 Å². The first-order chi connectivity index (χ1) is 8.63. The molecular formula is C18H30O. The van der Waals surface area contributed by atoms with Crippen LogP contribution in [0.5, 0.6) is 5.75 Å². The van der Waals surface area contributed by atoms with Crippen molar-refractivity contribution in [3.63, 3.8) is 0 Å². The lowest BCUT2D eigenvalue weighted by Gasteiger charge is -2.26. The molecule has 0 spiro atoms. The molecule has 1 atom stereocenters. The molecule has 0 saturated heterocycles. The maximum absolute atomic E-state index is 5.99. The molecule has 108 valence electrons. The molecule has 0 aromatic heterocycles. The molecule has 0 aliphatic heterocycles. The zero-order valence-corrected chi connectivity index (χ0v) is 13.7. The zero-order valence-electron chi connectivity index (χ0n) is 13.7. The van der Waals surface area contributed by atoms with Crippen LogP contribution in [0.2, 0.25) is 0 Å². The molecule has 0 N–H and O–H groups in total. The fourth-order valence-electron chi connectivity index (χ4n) is 2.29. The van der Waals surface area contributed by atoms with Gasteiger partial charge in [0.2, 0.25) is 0 Å². The number of benzene rings is 1. The van der Waals surface area contributed by atoms with Crippen LogP contribution in [-0.4, -0.2) is 5.60 Å². The van der Waals surface area contributed by atoms with Crippen molar-refractivity contribution in [2.24, 2.45) is 5.41 Å². The highest BCUT2D eigenvalue weighted by Crippen LogP contribution is 2.32. The molecule has 0 bridgehead atoms. The highest BCUT2D eigenvalue weighted by atomic mass is 16.5. The van der Waals surface area contributed by atoms with E-state index < -0.39 is 0 Å². The summed E-state index contributed by atoms with van der Waals surface area (Å²) in [5.41, 5.74) is 1.69. The molecule has 1 aromatic rings. The third-order valence-electron chi connectivity index (χ3n) is 3.61. The molecule has 0 amide bonds. The summed E-state index contributed by atoms with van der Waals surface area (Å²) >= 11 is 0. The van der Waals surface area contributed by atoms with E-state index in [9.17, 15) is 0 Å². The van der Waals surface area contributed by atoms with Crippen LogP contribution in [0.15, 0.2) is 24.3 Å². The first kappa shape index (κ1) is 16.1. The summed E-state index contributed by atoms with van der Waals surface area (Å²) in [5.74, 6) is 1.56. The van der Waals surface area contributed by atoms with Crippen molar-refractivity contribution >= 4 is 0 Å². The predicted octanol–water partition coefficient (Wildman–Crippen LogP) is 5.79. The summed E-state index contributed by atoms with van der Waals surface area (Å²) < 4.78 is 5.99. The van der Waals surface area contributed by atoms with Crippen molar-refractivity contribution in [3.8, 4) is 5.75 Å². The fourth-order valence-corrected chi connectivity index (χ4v) is 2.29. The van der Waals surface area contributed by atoms with E-state index in [1.54, 1.807) is 0 Å². The van der Waals surface area contributed by atoms with Gasteiger partial charge in [-0.15, -0.1) is 0 Å². The molecule has 0 radical (unpaired) electrons. The second-order valence-corrected chi connectivity index (χ2v) is 7.45. The van der Waals surface area contributed by atoms with Gasteiger partial charge in [0.15, 0.2) is 0 Å². The van der Waals surface area contributed by atoms with E-state index in [1.165, 1.54) is 12.0 Å². The summed E-state index contributed by atoms with van der Waals surface area (Å²) in [7, 11) is 0. The standard InChI is InChI=1S/C18H30O/c1-8-18(6,7)19-16-11-9-15(10-12-16)14(2)13-17(3,4)5/h9-12,14H,8,13H2,1-7H3. The van der Waals surface area contributed by atoms with Gasteiger partial charge in [0.25, 0.3) is 0 Å². The second kappa shape index (κ2) is 5.98. The Labute approximate surface area is 119 Å². The molecule has 1 nitrogen and oxygen atoms in total. The van der Waals surface area contributed by atoms with Crippen molar-refractivity contribution in [2.45, 2.75) is 72.8 Å². The molecule has 1 aromatic carbocycles. The van der Waals surface area contributed by atoms with Crippen LogP contribution in [-0.2, 0) is 0 Å². The highest BCUT2D eigenvalue weighted by molar-refractivity contribution is 5.29. The van der Waals surface area contributed by atoms with Gasteiger partial charge in [-0.25, -0.2) is 0 Å². The van der Waals surface area contributed by atoms with Gasteiger partial charge >= 0.3 is 0 Å². The fraction of sp³-hybridized carbons (Fsp3) is 0.667. The van der Waals surface area contributed by atoms with Crippen LogP contribution in [0.3, 0.4) is 0 Å². The monoisotopic (exact) mass is 262 g/mol. The molecule has 1 unspecified atom stereocenters. The second-order valence-electron chi connectivity index (χ2n) is 7.45. The van der Waals surface area contributed by atoms with Crippen LogP contribution in [0.4, 0.5) is 0 Å². The van der Waals surface area contributed by atoms with E-state index in [1.807, 2.05) is 0 Å². The van der Waals surface area contributed by atoms with Gasteiger partial charge in [0, 0.05) is 0 Å². The first-order valence-corrected chi connectivity index (χ1v) is 7.42. The van der Waals surface area contributed by atoms with E-state index in [-0.39, 0.29) is 5.60 Å². The number of rotatable bonds is 5. The van der Waals surface area contributed by atoms with E-state index in [0.29, 0.717) is 11.3 Å². The topological polar surface area (TPSA) is 9.23 Å². The molecule has 1 rings (SSSR count). The summed E-state index contributed by atoms with van der Waals surface area (Å²) in [6.07, 6.45) is 2.21. The Morgan fingerprint density at radius 3 is 1.95 bits per heavy atom. The third kappa shape index (κ3) is 5.67. The van der Waals surface area contributed by atoms with Gasteiger partial charge in [0.05, 0.1) is 0 Å². The lowest BCUT2D eigenvalue weighted by Crippen LogP contribution is -2.26. The van der Waals surface area contributed by atoms with Gasteiger partial charge in [-0.1, -0.05) is 46.8 Å². The third-order valence-corrected chi connectivity index (χ3v) is 3.61. The Morgan fingerprint density at radius 2 is 1.53 bits per heavy atom. The van der Waals surface area contributed by atoms with Crippen molar-refractivity contribution in [3.05, 3.63) is 29.8 Å². The minimum atomic E-state index is -0.0848. The Bertz CT molecular complexity index is 381. The predicted molar refractivity (Wildman–Crippen MR) is 83.9 cm³/mol. The molecule has 19 heavy (non-hydrogen) atoms. The van der Waals surface area contributed by atoms with Crippen molar-refractivity contribution in [2.75, 3.05) is 0 Å². The summed E-state index contributed by atoms with van der Waals surface area (Å²) in [6, 6.07) is 8.62. The van der Waals surface area contributed by atoms with Crippen molar-refractivity contribution in [1.29, 1.82) is 0 Å². The summed E-state index contributed by atoms with van der Waals surface area (Å²) in [4.78, 5) is 0. The first-order valence-electron chi connectivity index (χ1n) is 7.42. The molecule has 0 heterocycles. The van der Waals surface area contributed by atoms with Gasteiger partial charge in [-0.2, -0.15) is 0 Å². The zero-order chi connectivity index (χ0) is 14.7. The Kier molecular flexibility index (Phi) is 5.06. The van der Waals surface area contributed by atoms with Crippen LogP contribution < -0.4 is 4.74 Å². The number of hydrogen-bond acceptors (Lipinski definition) is 1. The molecule has 0 aliphatic rings. The average molecular weight is 262 g/mol. The smallest absolute Gasteiger partial charge is 0.120 e. The lowest BCUT2D eigenvalue weighted by atomic mass is 9.82. The summed E-state index contributed by atoms with van der Waals surface area (Å²) in [6.45, 7) is 15.6. The van der Waals surface area contributed by atoms with Gasteiger partial charge in [-0.05, 0) is 55.7 Å². The van der Waals surface area contributed by atoms with Crippen LogP contribution in [0, 0.1) is 5.41 Å². The summed E-state index contributed by atoms with van der Waals surface area (Å²) in [5, 5.41) is 0. The minimum absolute atomic E-state index is 0.0848. The van der Waals surface area contributed by atoms with Crippen molar-refractivity contribution in [1.82, 2.24) is 0 Å². The minimum Gasteiger partial charge on any atom is -0.488 e. The molecule has 1 heteroatoms. The molecule has 0 aliphatic carbocycles. The Morgan fingerprint density at radius 1 is 1.00 bits per heavy atom. The van der Waals surface area contributed by atoms with Crippen LogP contribution in [0.1, 0.15) is 72.8 Å². The average Bonchev–Trinajstić information content (AvgIpc) is 2.27. The van der Waals surface area contributed by atoms with E-state index >= 15 is 0 Å². The lowest BCUT2D eigenvalue weighted by molar-refractivity contribution is 0.105. The van der Waals surface area contributed by atoms with E-state index in [2.05, 4.69) is 72.7 Å². The quantitative estimate of drug-likeness (QED) is 0.652. The maximum atomic E-state index is 5.99. The van der Waals surface area contributed by atoms with Crippen LogP contribution in [0.25, 0.3) is 0 Å². The highest BCUT2D eigenvalue weighted by Gasteiger charge is 2.18. The Balaban J connectivity index is 2.71. The normalized spacial score (nSPS) is 14.3. The molecular weight excluding hydrogens is 232 g/mol. The van der Waals surface area contributed by atoms with Crippen molar-refractivity contribution < 1.29 is 4.74 Å². The largest absolute Gasteiger partial charge is 0.488 e. The van der Waals surface area contributed by atoms with E-state index in [4.69, 9.17) is 4.74 Å². The SMILES string of the molecule is CCC(C)(C)Oc1ccc(C(C)CC(C)(C)C)cc1. The van der Waals surface area contributed by atoms with Gasteiger partial charge in [-0.3, -0.25) is 0 Å². The number of hydrogen-bond donors (Lipinski definition) is 0. The van der Waals surface area contributed by atoms with Crippen LogP contribution >= 0.6 is 0 Å². The van der Waals surface area contributed by atoms with Gasteiger partial charge in [0.1, 0.15) is 11.4 Å². The Hall–Kier alpha value is -0.980. The van der Waals surface area contributed by atoms with E-state index in [0.717, 1.165) is 12.2 Å². The molecule has 0 fully saturated rings. The maximum Gasteiger partial charge on any atom is 0.120 e.